The normalized spacial score (nSPS) is 15.4. The summed E-state index contributed by atoms with van der Waals surface area (Å²) in [5, 5.41) is 12.1. The van der Waals surface area contributed by atoms with Gasteiger partial charge in [-0.25, -0.2) is 0 Å². The van der Waals surface area contributed by atoms with Gasteiger partial charge in [-0.2, -0.15) is 0 Å². The zero-order chi connectivity index (χ0) is 22.5. The summed E-state index contributed by atoms with van der Waals surface area (Å²) in [4.78, 5) is 16.4. The Balaban J connectivity index is 1.47. The fraction of sp³-hybridized carbons (Fsp3) is 0.458. The fourth-order valence-electron chi connectivity index (χ4n) is 4.13. The molecule has 2 aromatic heterocycles. The summed E-state index contributed by atoms with van der Waals surface area (Å²) >= 11 is 1.76. The van der Waals surface area contributed by atoms with E-state index in [1.165, 1.54) is 16.7 Å². The highest BCUT2D eigenvalue weighted by molar-refractivity contribution is 7.98. The van der Waals surface area contributed by atoms with Crippen LogP contribution in [0.25, 0.3) is 0 Å². The Morgan fingerprint density at radius 3 is 2.66 bits per heavy atom. The van der Waals surface area contributed by atoms with Gasteiger partial charge in [0.05, 0.1) is 12.3 Å². The maximum atomic E-state index is 12.7. The van der Waals surface area contributed by atoms with Crippen LogP contribution in [0.4, 0.5) is 0 Å². The SMILES string of the molecule is CSc1ccc(CN2CCc3nnc([C@@H](CC(C)C)NC(=O)c4ccco4)n3CC2)cc1. The summed E-state index contributed by atoms with van der Waals surface area (Å²) < 4.78 is 7.47. The third-order valence-corrected chi connectivity index (χ3v) is 6.53. The van der Waals surface area contributed by atoms with E-state index < -0.39 is 0 Å². The summed E-state index contributed by atoms with van der Waals surface area (Å²) in [5.41, 5.74) is 1.32. The highest BCUT2D eigenvalue weighted by atomic mass is 32.2. The number of furan rings is 1. The maximum Gasteiger partial charge on any atom is 0.287 e. The average Bonchev–Trinajstić information content (AvgIpc) is 3.42. The van der Waals surface area contributed by atoms with E-state index in [2.05, 4.69) is 69.3 Å². The van der Waals surface area contributed by atoms with Crippen LogP contribution >= 0.6 is 11.8 Å². The van der Waals surface area contributed by atoms with Crippen molar-refractivity contribution in [3.63, 3.8) is 0 Å². The number of hydrogen-bond donors (Lipinski definition) is 1. The first kappa shape index (κ1) is 22.6. The second-order valence-corrected chi connectivity index (χ2v) is 9.51. The lowest BCUT2D eigenvalue weighted by Gasteiger charge is -2.22. The largest absolute Gasteiger partial charge is 0.459 e. The molecule has 3 heterocycles. The molecule has 0 bridgehead atoms. The van der Waals surface area contributed by atoms with Gasteiger partial charge in [0, 0.05) is 37.5 Å². The summed E-state index contributed by atoms with van der Waals surface area (Å²) in [6, 6.07) is 12.0. The van der Waals surface area contributed by atoms with E-state index in [0.717, 1.165) is 50.7 Å². The second kappa shape index (κ2) is 10.4. The summed E-state index contributed by atoms with van der Waals surface area (Å²) in [5.74, 6) is 2.31. The van der Waals surface area contributed by atoms with Gasteiger partial charge in [-0.1, -0.05) is 26.0 Å². The summed E-state index contributed by atoms with van der Waals surface area (Å²) in [6.45, 7) is 7.89. The van der Waals surface area contributed by atoms with Gasteiger partial charge < -0.3 is 14.3 Å². The smallest absolute Gasteiger partial charge is 0.287 e. The molecule has 3 aromatic rings. The number of carbonyl (C=O) groups excluding carboxylic acids is 1. The quantitative estimate of drug-likeness (QED) is 0.516. The van der Waals surface area contributed by atoms with E-state index in [1.54, 1.807) is 23.9 Å². The van der Waals surface area contributed by atoms with Gasteiger partial charge in [-0.05, 0) is 48.4 Å². The zero-order valence-corrected chi connectivity index (χ0v) is 19.8. The van der Waals surface area contributed by atoms with Gasteiger partial charge >= 0.3 is 0 Å². The topological polar surface area (TPSA) is 76.2 Å². The third kappa shape index (κ3) is 5.42. The van der Waals surface area contributed by atoms with Crippen LogP contribution in [0, 0.1) is 5.92 Å². The zero-order valence-electron chi connectivity index (χ0n) is 19.0. The van der Waals surface area contributed by atoms with Crippen LogP contribution in [-0.2, 0) is 19.5 Å². The van der Waals surface area contributed by atoms with Gasteiger partial charge in [0.2, 0.25) is 0 Å². The number of nitrogens with zero attached hydrogens (tertiary/aromatic N) is 4. The minimum atomic E-state index is -0.220. The number of fused-ring (bicyclic) bond motifs is 1. The Morgan fingerprint density at radius 2 is 1.97 bits per heavy atom. The lowest BCUT2D eigenvalue weighted by molar-refractivity contribution is 0.0900. The predicted molar refractivity (Wildman–Crippen MR) is 126 cm³/mol. The van der Waals surface area contributed by atoms with Crippen LogP contribution in [0.3, 0.4) is 0 Å². The van der Waals surface area contributed by atoms with Crippen molar-refractivity contribution in [2.75, 3.05) is 19.3 Å². The molecule has 1 amide bonds. The van der Waals surface area contributed by atoms with Crippen molar-refractivity contribution in [3.8, 4) is 0 Å². The van der Waals surface area contributed by atoms with E-state index in [0.29, 0.717) is 11.7 Å². The van der Waals surface area contributed by atoms with Crippen LogP contribution in [-0.4, -0.2) is 44.9 Å². The van der Waals surface area contributed by atoms with E-state index in [9.17, 15) is 4.79 Å². The van der Waals surface area contributed by atoms with Gasteiger partial charge in [0.25, 0.3) is 5.91 Å². The maximum absolute atomic E-state index is 12.7. The summed E-state index contributed by atoms with van der Waals surface area (Å²) in [6.07, 6.45) is 5.24. The van der Waals surface area contributed by atoms with Gasteiger partial charge in [0.15, 0.2) is 11.6 Å². The van der Waals surface area contributed by atoms with Crippen LogP contribution < -0.4 is 5.32 Å². The van der Waals surface area contributed by atoms with Crippen LogP contribution in [0.2, 0.25) is 0 Å². The van der Waals surface area contributed by atoms with E-state index in [-0.39, 0.29) is 11.9 Å². The van der Waals surface area contributed by atoms with Crippen molar-refractivity contribution < 1.29 is 9.21 Å². The van der Waals surface area contributed by atoms with E-state index in [1.807, 2.05) is 0 Å². The molecule has 1 atom stereocenters. The molecule has 0 unspecified atom stereocenters. The van der Waals surface area contributed by atoms with Crippen LogP contribution in [0.1, 0.15) is 54.1 Å². The van der Waals surface area contributed by atoms with Crippen molar-refractivity contribution in [1.29, 1.82) is 0 Å². The number of nitrogens with one attached hydrogen (secondary N) is 1. The highest BCUT2D eigenvalue weighted by Gasteiger charge is 2.27. The molecule has 0 radical (unpaired) electrons. The van der Waals surface area contributed by atoms with Crippen LogP contribution in [0.5, 0.6) is 0 Å². The number of aromatic nitrogens is 3. The molecule has 4 rings (SSSR count). The molecule has 0 saturated heterocycles. The Hall–Kier alpha value is -2.58. The molecule has 170 valence electrons. The molecule has 8 heteroatoms. The van der Waals surface area contributed by atoms with Gasteiger partial charge in [-0.15, -0.1) is 22.0 Å². The number of carbonyl (C=O) groups is 1. The predicted octanol–water partition coefficient (Wildman–Crippen LogP) is 4.17. The molecular weight excluding hydrogens is 422 g/mol. The molecule has 0 aliphatic carbocycles. The lowest BCUT2D eigenvalue weighted by atomic mass is 10.0. The van der Waals surface area contributed by atoms with Crippen molar-refractivity contribution in [2.45, 2.75) is 50.7 Å². The number of thioether (sulfide) groups is 1. The first-order valence-corrected chi connectivity index (χ1v) is 12.4. The fourth-order valence-corrected chi connectivity index (χ4v) is 4.54. The number of rotatable bonds is 8. The van der Waals surface area contributed by atoms with E-state index >= 15 is 0 Å². The van der Waals surface area contributed by atoms with Gasteiger partial charge in [0.1, 0.15) is 5.82 Å². The van der Waals surface area contributed by atoms with Crippen molar-refractivity contribution in [3.05, 3.63) is 65.6 Å². The molecule has 1 N–H and O–H groups in total. The number of amides is 1. The molecule has 32 heavy (non-hydrogen) atoms. The minimum absolute atomic E-state index is 0.209. The van der Waals surface area contributed by atoms with Crippen molar-refractivity contribution >= 4 is 17.7 Å². The molecule has 7 nitrogen and oxygen atoms in total. The molecule has 1 aliphatic rings. The minimum Gasteiger partial charge on any atom is -0.459 e. The molecular formula is C24H31N5O2S. The molecule has 0 spiro atoms. The Morgan fingerprint density at radius 1 is 1.16 bits per heavy atom. The lowest BCUT2D eigenvalue weighted by Crippen LogP contribution is -2.32. The number of hydrogen-bond acceptors (Lipinski definition) is 6. The Kier molecular flexibility index (Phi) is 7.32. The highest BCUT2D eigenvalue weighted by Crippen LogP contribution is 2.23. The standard InChI is InChI=1S/C24H31N5O2S/c1-17(2)15-20(25-24(30)21-5-4-14-31-21)23-27-26-22-10-11-28(12-13-29(22)23)16-18-6-8-19(32-3)9-7-18/h4-9,14,17,20H,10-13,15-16H2,1-3H3,(H,25,30)/t20-/m1/s1. The molecule has 1 aromatic carbocycles. The summed E-state index contributed by atoms with van der Waals surface area (Å²) in [7, 11) is 0. The van der Waals surface area contributed by atoms with Gasteiger partial charge in [-0.3, -0.25) is 9.69 Å². The first-order valence-electron chi connectivity index (χ1n) is 11.1. The van der Waals surface area contributed by atoms with Crippen molar-refractivity contribution in [1.82, 2.24) is 25.0 Å². The molecule has 1 aliphatic heterocycles. The monoisotopic (exact) mass is 453 g/mol. The Bertz CT molecular complexity index is 1010. The van der Waals surface area contributed by atoms with E-state index in [4.69, 9.17) is 4.42 Å². The second-order valence-electron chi connectivity index (χ2n) is 8.63. The number of benzene rings is 1. The van der Waals surface area contributed by atoms with Crippen LogP contribution in [0.15, 0.2) is 52.0 Å². The Labute approximate surface area is 193 Å². The van der Waals surface area contributed by atoms with Crippen molar-refractivity contribution in [2.24, 2.45) is 5.92 Å². The molecule has 0 saturated carbocycles. The third-order valence-electron chi connectivity index (χ3n) is 5.78. The average molecular weight is 454 g/mol. The molecule has 0 fully saturated rings. The first-order chi connectivity index (χ1) is 15.5.